The fraction of sp³-hybridized carbons (Fsp3) is 0.462. The number of aromatic nitrogens is 3. The lowest BCUT2D eigenvalue weighted by atomic mass is 10.3. The van der Waals surface area contributed by atoms with Gasteiger partial charge in [-0.2, -0.15) is 11.3 Å². The van der Waals surface area contributed by atoms with Crippen LogP contribution in [-0.2, 0) is 20.1 Å². The van der Waals surface area contributed by atoms with Crippen molar-refractivity contribution in [3.63, 3.8) is 0 Å². The van der Waals surface area contributed by atoms with E-state index in [0.29, 0.717) is 6.54 Å². The second-order valence-corrected chi connectivity index (χ2v) is 5.39. The number of aliphatic imine (C=N–C) groups is 1. The highest BCUT2D eigenvalue weighted by molar-refractivity contribution is 7.07. The largest absolute Gasteiger partial charge is 0.349 e. The Morgan fingerprint density at radius 1 is 1.50 bits per heavy atom. The predicted molar refractivity (Wildman–Crippen MR) is 81.7 cm³/mol. The molecule has 0 bridgehead atoms. The number of thiophene rings is 1. The van der Waals surface area contributed by atoms with Crippen LogP contribution < -0.4 is 5.32 Å². The van der Waals surface area contributed by atoms with E-state index < -0.39 is 0 Å². The molecule has 0 unspecified atom stereocenters. The number of nitrogens with one attached hydrogen (secondary N) is 1. The van der Waals surface area contributed by atoms with E-state index in [2.05, 4.69) is 42.2 Å². The standard InChI is InChI=1S/C13H20N6S/c1-10-16-17-12(19(10)4)7-15-13(14-2)18(3)8-11-5-6-20-9-11/h5-6,9H,7-8H2,1-4H3,(H,14,15). The Hall–Kier alpha value is -1.89. The molecule has 20 heavy (non-hydrogen) atoms. The third-order valence-corrected chi connectivity index (χ3v) is 3.89. The zero-order valence-corrected chi connectivity index (χ0v) is 13.1. The fourth-order valence-corrected chi connectivity index (χ4v) is 2.54. The molecule has 0 saturated carbocycles. The molecule has 108 valence electrons. The number of guanidine groups is 1. The van der Waals surface area contributed by atoms with Crippen molar-refractivity contribution in [2.45, 2.75) is 20.0 Å². The first-order valence-corrected chi connectivity index (χ1v) is 7.34. The average Bonchev–Trinajstić information content (AvgIpc) is 3.04. The first-order valence-electron chi connectivity index (χ1n) is 6.39. The summed E-state index contributed by atoms with van der Waals surface area (Å²) in [4.78, 5) is 6.39. The molecule has 0 aliphatic carbocycles. The van der Waals surface area contributed by atoms with Crippen LogP contribution in [0.15, 0.2) is 21.8 Å². The van der Waals surface area contributed by atoms with Gasteiger partial charge >= 0.3 is 0 Å². The summed E-state index contributed by atoms with van der Waals surface area (Å²) in [6, 6.07) is 2.13. The van der Waals surface area contributed by atoms with Crippen molar-refractivity contribution in [1.82, 2.24) is 25.0 Å². The summed E-state index contributed by atoms with van der Waals surface area (Å²) in [5, 5.41) is 15.7. The molecule has 0 aliphatic rings. The molecule has 0 fully saturated rings. The molecular weight excluding hydrogens is 272 g/mol. The molecule has 2 aromatic heterocycles. The number of rotatable bonds is 4. The van der Waals surface area contributed by atoms with Crippen molar-refractivity contribution in [1.29, 1.82) is 0 Å². The van der Waals surface area contributed by atoms with E-state index in [0.717, 1.165) is 24.2 Å². The SMILES string of the molecule is CN=C(NCc1nnc(C)n1C)N(C)Cc1ccsc1. The minimum absolute atomic E-state index is 0.609. The van der Waals surface area contributed by atoms with Gasteiger partial charge in [0.15, 0.2) is 11.8 Å². The minimum atomic E-state index is 0.609. The lowest BCUT2D eigenvalue weighted by Crippen LogP contribution is -2.38. The quantitative estimate of drug-likeness (QED) is 0.683. The van der Waals surface area contributed by atoms with E-state index in [1.54, 1.807) is 18.4 Å². The van der Waals surface area contributed by atoms with Gasteiger partial charge in [-0.3, -0.25) is 4.99 Å². The molecule has 0 atom stereocenters. The predicted octanol–water partition coefficient (Wildman–Crippen LogP) is 1.39. The van der Waals surface area contributed by atoms with Crippen LogP contribution in [0.4, 0.5) is 0 Å². The van der Waals surface area contributed by atoms with E-state index >= 15 is 0 Å². The van der Waals surface area contributed by atoms with Gasteiger partial charge in [0.2, 0.25) is 0 Å². The number of nitrogens with zero attached hydrogens (tertiary/aromatic N) is 5. The van der Waals surface area contributed by atoms with Crippen LogP contribution >= 0.6 is 11.3 Å². The van der Waals surface area contributed by atoms with Crippen LogP contribution in [0.25, 0.3) is 0 Å². The Morgan fingerprint density at radius 2 is 2.30 bits per heavy atom. The van der Waals surface area contributed by atoms with Crippen LogP contribution in [-0.4, -0.2) is 39.7 Å². The summed E-state index contributed by atoms with van der Waals surface area (Å²) in [5.41, 5.74) is 1.29. The highest BCUT2D eigenvalue weighted by Gasteiger charge is 2.09. The van der Waals surface area contributed by atoms with Crippen molar-refractivity contribution < 1.29 is 0 Å². The van der Waals surface area contributed by atoms with Crippen molar-refractivity contribution in [3.05, 3.63) is 34.0 Å². The van der Waals surface area contributed by atoms with E-state index in [1.807, 2.05) is 25.6 Å². The summed E-state index contributed by atoms with van der Waals surface area (Å²) in [6.07, 6.45) is 0. The molecule has 0 aromatic carbocycles. The van der Waals surface area contributed by atoms with Crippen LogP contribution in [0.3, 0.4) is 0 Å². The lowest BCUT2D eigenvalue weighted by Gasteiger charge is -2.21. The van der Waals surface area contributed by atoms with Crippen LogP contribution in [0, 0.1) is 6.92 Å². The molecule has 1 N–H and O–H groups in total. The molecule has 0 amide bonds. The number of aryl methyl sites for hydroxylation is 1. The molecular formula is C13H20N6S. The second-order valence-electron chi connectivity index (χ2n) is 4.61. The van der Waals surface area contributed by atoms with Gasteiger partial charge in [0.25, 0.3) is 0 Å². The third-order valence-electron chi connectivity index (χ3n) is 3.16. The average molecular weight is 292 g/mol. The Bertz CT molecular complexity index is 572. The van der Waals surface area contributed by atoms with Crippen molar-refractivity contribution in [3.8, 4) is 0 Å². The maximum atomic E-state index is 4.30. The van der Waals surface area contributed by atoms with E-state index in [-0.39, 0.29) is 0 Å². The van der Waals surface area contributed by atoms with Crippen LogP contribution in [0.5, 0.6) is 0 Å². The van der Waals surface area contributed by atoms with Crippen LogP contribution in [0.1, 0.15) is 17.2 Å². The zero-order valence-electron chi connectivity index (χ0n) is 12.3. The highest BCUT2D eigenvalue weighted by Crippen LogP contribution is 2.08. The van der Waals surface area contributed by atoms with Crippen molar-refractivity contribution in [2.24, 2.45) is 12.0 Å². The molecule has 6 nitrogen and oxygen atoms in total. The van der Waals surface area contributed by atoms with Gasteiger partial charge < -0.3 is 14.8 Å². The molecule has 7 heteroatoms. The van der Waals surface area contributed by atoms with Crippen LogP contribution in [0.2, 0.25) is 0 Å². The number of hydrogen-bond acceptors (Lipinski definition) is 4. The highest BCUT2D eigenvalue weighted by atomic mass is 32.1. The monoisotopic (exact) mass is 292 g/mol. The summed E-state index contributed by atoms with van der Waals surface area (Å²) in [5.74, 6) is 2.65. The molecule has 2 aromatic rings. The van der Waals surface area contributed by atoms with Gasteiger partial charge in [-0.15, -0.1) is 10.2 Å². The maximum absolute atomic E-state index is 4.30. The normalized spacial score (nSPS) is 11.7. The lowest BCUT2D eigenvalue weighted by molar-refractivity contribution is 0.475. The Kier molecular flexibility index (Phi) is 4.73. The summed E-state index contributed by atoms with van der Waals surface area (Å²) < 4.78 is 1.97. The zero-order chi connectivity index (χ0) is 14.5. The maximum Gasteiger partial charge on any atom is 0.194 e. The smallest absolute Gasteiger partial charge is 0.194 e. The second kappa shape index (κ2) is 6.51. The van der Waals surface area contributed by atoms with E-state index in [4.69, 9.17) is 0 Å². The van der Waals surface area contributed by atoms with Crippen molar-refractivity contribution in [2.75, 3.05) is 14.1 Å². The van der Waals surface area contributed by atoms with Gasteiger partial charge in [-0.1, -0.05) is 0 Å². The first-order chi connectivity index (χ1) is 9.61. The van der Waals surface area contributed by atoms with Gasteiger partial charge in [0.1, 0.15) is 5.82 Å². The first kappa shape index (κ1) is 14.5. The number of hydrogen-bond donors (Lipinski definition) is 1. The summed E-state index contributed by atoms with van der Waals surface area (Å²) in [6.45, 7) is 3.38. The van der Waals surface area contributed by atoms with E-state index in [1.165, 1.54) is 5.56 Å². The molecule has 0 radical (unpaired) electrons. The molecule has 0 saturated heterocycles. The Labute approximate surface area is 123 Å². The van der Waals surface area contributed by atoms with E-state index in [9.17, 15) is 0 Å². The molecule has 2 heterocycles. The van der Waals surface area contributed by atoms with Gasteiger partial charge in [0.05, 0.1) is 6.54 Å². The molecule has 2 rings (SSSR count). The summed E-state index contributed by atoms with van der Waals surface area (Å²) >= 11 is 1.71. The third kappa shape index (κ3) is 3.36. The van der Waals surface area contributed by atoms with Gasteiger partial charge in [-0.05, 0) is 29.3 Å². The van der Waals surface area contributed by atoms with Crippen molar-refractivity contribution >= 4 is 17.3 Å². The summed E-state index contributed by atoms with van der Waals surface area (Å²) in [7, 11) is 5.77. The van der Waals surface area contributed by atoms with Gasteiger partial charge in [-0.25, -0.2) is 0 Å². The molecule has 0 aliphatic heterocycles. The topological polar surface area (TPSA) is 58.3 Å². The molecule has 0 spiro atoms. The minimum Gasteiger partial charge on any atom is -0.349 e. The van der Waals surface area contributed by atoms with Gasteiger partial charge in [0, 0.05) is 27.7 Å². The fourth-order valence-electron chi connectivity index (χ4n) is 1.88. The Morgan fingerprint density at radius 3 is 2.85 bits per heavy atom. The Balaban J connectivity index is 1.94.